The Morgan fingerprint density at radius 2 is 2.10 bits per heavy atom. The van der Waals surface area contributed by atoms with Gasteiger partial charge in [0.25, 0.3) is 0 Å². The maximum Gasteiger partial charge on any atom is 0.222 e. The van der Waals surface area contributed by atoms with E-state index in [0.29, 0.717) is 19.5 Å². The number of benzene rings is 1. The van der Waals surface area contributed by atoms with Gasteiger partial charge in [-0.1, -0.05) is 37.3 Å². The van der Waals surface area contributed by atoms with E-state index in [1.54, 1.807) is 4.90 Å². The average molecular weight is 290 g/mol. The molecule has 1 aliphatic heterocycles. The number of nitrogens with zero attached hydrogens (tertiary/aromatic N) is 2. The molecule has 4 heteroatoms. The molecule has 1 heterocycles. The van der Waals surface area contributed by atoms with Crippen LogP contribution in [0, 0.1) is 0 Å². The van der Waals surface area contributed by atoms with Gasteiger partial charge < -0.3 is 14.9 Å². The van der Waals surface area contributed by atoms with Crippen molar-refractivity contribution >= 4 is 5.91 Å². The minimum absolute atomic E-state index is 0.182. The zero-order chi connectivity index (χ0) is 15.1. The van der Waals surface area contributed by atoms with E-state index in [0.717, 1.165) is 32.5 Å². The summed E-state index contributed by atoms with van der Waals surface area (Å²) in [7, 11) is 0. The second-order valence-electron chi connectivity index (χ2n) is 5.73. The number of amides is 1. The first-order chi connectivity index (χ1) is 10.2. The number of likely N-dealkylation sites (N-methyl/N-ethyl adjacent to an activating group) is 1. The van der Waals surface area contributed by atoms with Crippen molar-refractivity contribution in [3.63, 3.8) is 0 Å². The van der Waals surface area contributed by atoms with Crippen LogP contribution in [0.15, 0.2) is 30.3 Å². The predicted octanol–water partition coefficient (Wildman–Crippen LogP) is 1.53. The highest BCUT2D eigenvalue weighted by atomic mass is 16.3. The van der Waals surface area contributed by atoms with Gasteiger partial charge in [-0.2, -0.15) is 0 Å². The number of carbonyl (C=O) groups excluding carboxylic acids is 1. The van der Waals surface area contributed by atoms with Gasteiger partial charge in [0.05, 0.1) is 6.10 Å². The van der Waals surface area contributed by atoms with E-state index in [1.165, 1.54) is 5.56 Å². The summed E-state index contributed by atoms with van der Waals surface area (Å²) in [5.41, 5.74) is 1.32. The van der Waals surface area contributed by atoms with Crippen molar-refractivity contribution < 1.29 is 9.90 Å². The van der Waals surface area contributed by atoms with Crippen molar-refractivity contribution in [1.29, 1.82) is 0 Å². The molecule has 0 bridgehead atoms. The lowest BCUT2D eigenvalue weighted by Crippen LogP contribution is -2.41. The molecular weight excluding hydrogens is 264 g/mol. The zero-order valence-electron chi connectivity index (χ0n) is 12.9. The summed E-state index contributed by atoms with van der Waals surface area (Å²) >= 11 is 0. The highest BCUT2D eigenvalue weighted by Crippen LogP contribution is 2.10. The van der Waals surface area contributed by atoms with Gasteiger partial charge in [-0.3, -0.25) is 4.79 Å². The second kappa shape index (κ2) is 8.15. The zero-order valence-corrected chi connectivity index (χ0v) is 12.9. The number of rotatable bonds is 8. The van der Waals surface area contributed by atoms with Crippen LogP contribution in [0.25, 0.3) is 0 Å². The Hall–Kier alpha value is -1.39. The maximum absolute atomic E-state index is 11.6. The van der Waals surface area contributed by atoms with Gasteiger partial charge in [0.1, 0.15) is 0 Å². The topological polar surface area (TPSA) is 43.8 Å². The molecular formula is C17H26N2O2. The summed E-state index contributed by atoms with van der Waals surface area (Å²) in [6, 6.07) is 10.4. The minimum Gasteiger partial charge on any atom is -0.390 e. The fraction of sp³-hybridized carbons (Fsp3) is 0.588. The van der Waals surface area contributed by atoms with E-state index in [-0.39, 0.29) is 5.91 Å². The van der Waals surface area contributed by atoms with Crippen molar-refractivity contribution in [3.05, 3.63) is 35.9 Å². The normalized spacial score (nSPS) is 16.7. The quantitative estimate of drug-likeness (QED) is 0.790. The number of carbonyl (C=O) groups is 1. The Labute approximate surface area is 127 Å². The van der Waals surface area contributed by atoms with Crippen LogP contribution in [-0.4, -0.2) is 59.6 Å². The molecule has 4 nitrogen and oxygen atoms in total. The van der Waals surface area contributed by atoms with E-state index in [4.69, 9.17) is 0 Å². The van der Waals surface area contributed by atoms with Gasteiger partial charge in [0.2, 0.25) is 5.91 Å². The summed E-state index contributed by atoms with van der Waals surface area (Å²) in [5, 5.41) is 10.2. The third-order valence-electron chi connectivity index (χ3n) is 4.08. The van der Waals surface area contributed by atoms with Crippen LogP contribution in [-0.2, 0) is 11.2 Å². The summed E-state index contributed by atoms with van der Waals surface area (Å²) in [6.45, 7) is 5.86. The van der Waals surface area contributed by atoms with E-state index in [2.05, 4.69) is 36.1 Å². The number of hydrogen-bond acceptors (Lipinski definition) is 3. The number of aliphatic hydroxyl groups excluding tert-OH is 1. The van der Waals surface area contributed by atoms with Gasteiger partial charge in [0, 0.05) is 32.6 Å². The van der Waals surface area contributed by atoms with Crippen LogP contribution >= 0.6 is 0 Å². The standard InChI is InChI=1S/C17H26N2O2/c1-2-18(12-10-15-7-4-3-5-8-15)13-16(20)14-19-11-6-9-17(19)21/h3-5,7-8,16,20H,2,6,9-14H2,1H3. The Balaban J connectivity index is 1.74. The second-order valence-corrected chi connectivity index (χ2v) is 5.73. The average Bonchev–Trinajstić information content (AvgIpc) is 2.89. The first-order valence-corrected chi connectivity index (χ1v) is 7.91. The number of β-amino-alcohol motifs (C(OH)–C–C–N with tert-alkyl or cyclic N) is 1. The molecule has 0 spiro atoms. The van der Waals surface area contributed by atoms with Gasteiger partial charge in [0.15, 0.2) is 0 Å². The molecule has 0 aliphatic carbocycles. The van der Waals surface area contributed by atoms with Crippen LogP contribution in [0.5, 0.6) is 0 Å². The highest BCUT2D eigenvalue weighted by molar-refractivity contribution is 5.78. The minimum atomic E-state index is -0.456. The van der Waals surface area contributed by atoms with Crippen LogP contribution in [0.4, 0.5) is 0 Å². The number of aliphatic hydroxyl groups is 1. The van der Waals surface area contributed by atoms with E-state index in [9.17, 15) is 9.90 Å². The van der Waals surface area contributed by atoms with Crippen molar-refractivity contribution in [2.75, 3.05) is 32.7 Å². The lowest BCUT2D eigenvalue weighted by Gasteiger charge is -2.26. The van der Waals surface area contributed by atoms with Crippen molar-refractivity contribution in [1.82, 2.24) is 9.80 Å². The predicted molar refractivity (Wildman–Crippen MR) is 84.1 cm³/mol. The molecule has 21 heavy (non-hydrogen) atoms. The third-order valence-corrected chi connectivity index (χ3v) is 4.08. The Kier molecular flexibility index (Phi) is 6.21. The largest absolute Gasteiger partial charge is 0.390 e. The molecule has 1 amide bonds. The van der Waals surface area contributed by atoms with Gasteiger partial charge in [-0.15, -0.1) is 0 Å². The van der Waals surface area contributed by atoms with E-state index >= 15 is 0 Å². The van der Waals surface area contributed by atoms with E-state index < -0.39 is 6.10 Å². The highest BCUT2D eigenvalue weighted by Gasteiger charge is 2.23. The first kappa shape index (κ1) is 16.0. The van der Waals surface area contributed by atoms with Crippen LogP contribution < -0.4 is 0 Å². The molecule has 1 unspecified atom stereocenters. The molecule has 1 saturated heterocycles. The Morgan fingerprint density at radius 3 is 2.71 bits per heavy atom. The fourth-order valence-electron chi connectivity index (χ4n) is 2.82. The van der Waals surface area contributed by atoms with Gasteiger partial charge in [-0.05, 0) is 24.9 Å². The molecule has 1 atom stereocenters. The molecule has 1 aromatic rings. The van der Waals surface area contributed by atoms with Crippen LogP contribution in [0.2, 0.25) is 0 Å². The van der Waals surface area contributed by atoms with Crippen LogP contribution in [0.3, 0.4) is 0 Å². The van der Waals surface area contributed by atoms with Crippen molar-refractivity contribution in [3.8, 4) is 0 Å². The summed E-state index contributed by atoms with van der Waals surface area (Å²) in [5.74, 6) is 0.182. The SMILES string of the molecule is CCN(CCc1ccccc1)CC(O)CN1CCCC1=O. The molecule has 0 aromatic heterocycles. The lowest BCUT2D eigenvalue weighted by atomic mass is 10.1. The number of hydrogen-bond donors (Lipinski definition) is 1. The Morgan fingerprint density at radius 1 is 1.33 bits per heavy atom. The van der Waals surface area contributed by atoms with E-state index in [1.807, 2.05) is 6.07 Å². The molecule has 0 saturated carbocycles. The van der Waals surface area contributed by atoms with Crippen LogP contribution in [0.1, 0.15) is 25.3 Å². The first-order valence-electron chi connectivity index (χ1n) is 7.91. The molecule has 1 fully saturated rings. The molecule has 0 radical (unpaired) electrons. The molecule has 1 aliphatic rings. The van der Waals surface area contributed by atoms with Gasteiger partial charge in [-0.25, -0.2) is 0 Å². The Bertz CT molecular complexity index is 436. The monoisotopic (exact) mass is 290 g/mol. The molecule has 116 valence electrons. The van der Waals surface area contributed by atoms with Crippen molar-refractivity contribution in [2.45, 2.75) is 32.3 Å². The summed E-state index contributed by atoms with van der Waals surface area (Å²) in [4.78, 5) is 15.6. The summed E-state index contributed by atoms with van der Waals surface area (Å²) < 4.78 is 0. The number of likely N-dealkylation sites (tertiary alicyclic amines) is 1. The molecule has 2 rings (SSSR count). The summed E-state index contributed by atoms with van der Waals surface area (Å²) in [6.07, 6.45) is 2.10. The van der Waals surface area contributed by atoms with Crippen molar-refractivity contribution in [2.24, 2.45) is 0 Å². The lowest BCUT2D eigenvalue weighted by molar-refractivity contribution is -0.129. The smallest absolute Gasteiger partial charge is 0.222 e. The fourth-order valence-corrected chi connectivity index (χ4v) is 2.82. The molecule has 1 N–H and O–H groups in total. The maximum atomic E-state index is 11.6. The third kappa shape index (κ3) is 5.14. The molecule has 1 aromatic carbocycles. The van der Waals surface area contributed by atoms with Gasteiger partial charge >= 0.3 is 0 Å².